The molecule has 0 fully saturated rings. The highest BCUT2D eigenvalue weighted by Gasteiger charge is 2.16. The van der Waals surface area contributed by atoms with Crippen molar-refractivity contribution in [3.8, 4) is 0 Å². The second kappa shape index (κ2) is 7.20. The quantitative estimate of drug-likeness (QED) is 0.864. The van der Waals surface area contributed by atoms with Crippen LogP contribution in [-0.2, 0) is 6.42 Å². The molecule has 1 aromatic heterocycles. The maximum Gasteiger partial charge on any atom is 0.0270 e. The van der Waals surface area contributed by atoms with Crippen molar-refractivity contribution < 1.29 is 0 Å². The van der Waals surface area contributed by atoms with Gasteiger partial charge in [-0.05, 0) is 56.0 Å². The van der Waals surface area contributed by atoms with Crippen LogP contribution in [0, 0.1) is 6.92 Å². The number of nitrogens with one attached hydrogen (secondary N) is 1. The molecule has 0 aliphatic heterocycles. The molecule has 2 nitrogen and oxygen atoms in total. The van der Waals surface area contributed by atoms with E-state index in [0.29, 0.717) is 12.0 Å². The van der Waals surface area contributed by atoms with Crippen molar-refractivity contribution in [3.05, 3.63) is 65.5 Å². The number of benzene rings is 1. The van der Waals surface area contributed by atoms with Crippen LogP contribution in [-0.4, -0.2) is 18.1 Å². The number of hydrogen-bond acceptors (Lipinski definition) is 2. The zero-order chi connectivity index (χ0) is 14.4. The van der Waals surface area contributed by atoms with Crippen molar-refractivity contribution in [2.24, 2.45) is 0 Å². The van der Waals surface area contributed by atoms with Gasteiger partial charge in [0.1, 0.15) is 0 Å². The molecule has 2 aromatic rings. The first-order valence-electron chi connectivity index (χ1n) is 7.33. The fraction of sp³-hybridized carbons (Fsp3) is 0.389. The van der Waals surface area contributed by atoms with Crippen LogP contribution >= 0.6 is 0 Å². The van der Waals surface area contributed by atoms with E-state index in [1.54, 1.807) is 0 Å². The zero-order valence-corrected chi connectivity index (χ0v) is 12.6. The van der Waals surface area contributed by atoms with Gasteiger partial charge in [-0.2, -0.15) is 0 Å². The first-order valence-corrected chi connectivity index (χ1v) is 7.33. The van der Waals surface area contributed by atoms with E-state index in [0.717, 1.165) is 12.8 Å². The van der Waals surface area contributed by atoms with Crippen LogP contribution in [0.5, 0.6) is 0 Å². The summed E-state index contributed by atoms with van der Waals surface area (Å²) in [5.41, 5.74) is 4.11. The third kappa shape index (κ3) is 3.91. The largest absolute Gasteiger partial charge is 0.316 e. The van der Waals surface area contributed by atoms with Gasteiger partial charge in [0.2, 0.25) is 0 Å². The van der Waals surface area contributed by atoms with Crippen molar-refractivity contribution >= 4 is 0 Å². The Balaban J connectivity index is 1.99. The van der Waals surface area contributed by atoms with Crippen LogP contribution in [0.3, 0.4) is 0 Å². The van der Waals surface area contributed by atoms with Gasteiger partial charge in [0.05, 0.1) is 0 Å². The minimum Gasteiger partial charge on any atom is -0.316 e. The average molecular weight is 268 g/mol. The average Bonchev–Trinajstić information content (AvgIpc) is 2.48. The normalized spacial score (nSPS) is 13.9. The van der Waals surface area contributed by atoms with E-state index in [-0.39, 0.29) is 0 Å². The lowest BCUT2D eigenvalue weighted by Crippen LogP contribution is -2.31. The lowest BCUT2D eigenvalue weighted by Gasteiger charge is -2.24. The van der Waals surface area contributed by atoms with Gasteiger partial charge in [0.25, 0.3) is 0 Å². The van der Waals surface area contributed by atoms with Gasteiger partial charge < -0.3 is 5.32 Å². The molecule has 1 N–H and O–H groups in total. The predicted octanol–water partition coefficient (Wildman–Crippen LogP) is 3.71. The van der Waals surface area contributed by atoms with E-state index >= 15 is 0 Å². The third-order valence-corrected chi connectivity index (χ3v) is 4.03. The van der Waals surface area contributed by atoms with Crippen LogP contribution in [0.15, 0.2) is 48.8 Å². The van der Waals surface area contributed by atoms with Crippen molar-refractivity contribution in [1.29, 1.82) is 0 Å². The molecule has 0 spiro atoms. The number of hydrogen-bond donors (Lipinski definition) is 1. The van der Waals surface area contributed by atoms with E-state index in [1.807, 2.05) is 12.4 Å². The molecule has 2 heteroatoms. The molecular formula is C18H24N2. The number of aryl methyl sites for hydroxylation is 2. The lowest BCUT2D eigenvalue weighted by atomic mass is 9.90. The standard InChI is InChI=1S/C18H24N2/c1-14-5-4-6-16(13-14)7-8-18(19-3)15(2)17-9-11-20-12-10-17/h4-6,9-13,15,18-19H,7-8H2,1-3H3. The molecule has 0 aliphatic rings. The van der Waals surface area contributed by atoms with E-state index in [9.17, 15) is 0 Å². The summed E-state index contributed by atoms with van der Waals surface area (Å²) in [5.74, 6) is 0.493. The number of nitrogens with zero attached hydrogens (tertiary/aromatic N) is 1. The second-order valence-electron chi connectivity index (χ2n) is 5.49. The number of rotatable bonds is 6. The summed E-state index contributed by atoms with van der Waals surface area (Å²) in [5, 5.41) is 3.46. The molecule has 0 amide bonds. The van der Waals surface area contributed by atoms with Crippen LogP contribution in [0.25, 0.3) is 0 Å². The van der Waals surface area contributed by atoms with Gasteiger partial charge in [-0.25, -0.2) is 0 Å². The van der Waals surface area contributed by atoms with Gasteiger partial charge in [-0.1, -0.05) is 36.8 Å². The molecule has 2 unspecified atom stereocenters. The summed E-state index contributed by atoms with van der Waals surface area (Å²) in [7, 11) is 2.05. The highest BCUT2D eigenvalue weighted by atomic mass is 14.9. The summed E-state index contributed by atoms with van der Waals surface area (Å²) < 4.78 is 0. The van der Waals surface area contributed by atoms with Gasteiger partial charge in [0.15, 0.2) is 0 Å². The smallest absolute Gasteiger partial charge is 0.0270 e. The summed E-state index contributed by atoms with van der Waals surface area (Å²) in [6.45, 7) is 4.44. The molecule has 1 heterocycles. The Labute approximate surface area is 122 Å². The highest BCUT2D eigenvalue weighted by molar-refractivity contribution is 5.23. The molecule has 0 aliphatic carbocycles. The molecule has 20 heavy (non-hydrogen) atoms. The zero-order valence-electron chi connectivity index (χ0n) is 12.6. The van der Waals surface area contributed by atoms with Gasteiger partial charge in [-0.15, -0.1) is 0 Å². The molecule has 106 valence electrons. The molecule has 0 saturated carbocycles. The van der Waals surface area contributed by atoms with Crippen LogP contribution in [0.4, 0.5) is 0 Å². The van der Waals surface area contributed by atoms with Gasteiger partial charge in [-0.3, -0.25) is 4.98 Å². The van der Waals surface area contributed by atoms with Crippen LogP contribution < -0.4 is 5.32 Å². The SMILES string of the molecule is CNC(CCc1cccc(C)c1)C(C)c1ccncc1. The van der Waals surface area contributed by atoms with Crippen molar-refractivity contribution in [3.63, 3.8) is 0 Å². The highest BCUT2D eigenvalue weighted by Crippen LogP contribution is 2.21. The molecular weight excluding hydrogens is 244 g/mol. The van der Waals surface area contributed by atoms with E-state index in [1.165, 1.54) is 16.7 Å². The Morgan fingerprint density at radius 2 is 1.90 bits per heavy atom. The Morgan fingerprint density at radius 1 is 1.15 bits per heavy atom. The minimum absolute atomic E-state index is 0.484. The summed E-state index contributed by atoms with van der Waals surface area (Å²) in [4.78, 5) is 4.10. The summed E-state index contributed by atoms with van der Waals surface area (Å²) in [6, 6.07) is 13.5. The van der Waals surface area contributed by atoms with E-state index in [2.05, 4.69) is 67.6 Å². The Hall–Kier alpha value is -1.67. The summed E-state index contributed by atoms with van der Waals surface area (Å²) in [6.07, 6.45) is 6.00. The van der Waals surface area contributed by atoms with Gasteiger partial charge >= 0.3 is 0 Å². The van der Waals surface area contributed by atoms with Crippen molar-refractivity contribution in [2.45, 2.75) is 38.6 Å². The maximum absolute atomic E-state index is 4.10. The second-order valence-corrected chi connectivity index (χ2v) is 5.49. The number of likely N-dealkylation sites (N-methyl/N-ethyl adjacent to an activating group) is 1. The molecule has 2 rings (SSSR count). The van der Waals surface area contributed by atoms with Crippen molar-refractivity contribution in [2.75, 3.05) is 7.05 Å². The van der Waals surface area contributed by atoms with Gasteiger partial charge in [0, 0.05) is 18.4 Å². The Kier molecular flexibility index (Phi) is 5.31. The number of pyridine rings is 1. The summed E-state index contributed by atoms with van der Waals surface area (Å²) >= 11 is 0. The fourth-order valence-corrected chi connectivity index (χ4v) is 2.73. The first-order chi connectivity index (χ1) is 9.70. The predicted molar refractivity (Wildman–Crippen MR) is 85.0 cm³/mol. The molecule has 0 bridgehead atoms. The fourth-order valence-electron chi connectivity index (χ4n) is 2.73. The molecule has 0 saturated heterocycles. The molecule has 2 atom stereocenters. The first kappa shape index (κ1) is 14.7. The minimum atomic E-state index is 0.484. The Bertz CT molecular complexity index is 522. The third-order valence-electron chi connectivity index (χ3n) is 4.03. The Morgan fingerprint density at radius 3 is 2.55 bits per heavy atom. The van der Waals surface area contributed by atoms with Crippen LogP contribution in [0.2, 0.25) is 0 Å². The van der Waals surface area contributed by atoms with E-state index in [4.69, 9.17) is 0 Å². The number of aromatic nitrogens is 1. The van der Waals surface area contributed by atoms with Crippen molar-refractivity contribution in [1.82, 2.24) is 10.3 Å². The van der Waals surface area contributed by atoms with E-state index < -0.39 is 0 Å². The topological polar surface area (TPSA) is 24.9 Å². The lowest BCUT2D eigenvalue weighted by molar-refractivity contribution is 0.455. The maximum atomic E-state index is 4.10. The monoisotopic (exact) mass is 268 g/mol. The molecule has 0 radical (unpaired) electrons. The molecule has 1 aromatic carbocycles. The van der Waals surface area contributed by atoms with Crippen LogP contribution in [0.1, 0.15) is 36.0 Å².